The number of nitrogens with one attached hydrogen (secondary N) is 2. The van der Waals surface area contributed by atoms with Gasteiger partial charge in [-0.1, -0.05) is 39.0 Å². The van der Waals surface area contributed by atoms with Crippen LogP contribution in [0.15, 0.2) is 6.20 Å². The van der Waals surface area contributed by atoms with Crippen LogP contribution in [0, 0.1) is 10.1 Å². The predicted octanol–water partition coefficient (Wildman–Crippen LogP) is 3.59. The van der Waals surface area contributed by atoms with Crippen LogP contribution in [0.2, 0.25) is 0 Å². The lowest BCUT2D eigenvalue weighted by Crippen LogP contribution is -2.10. The van der Waals surface area contributed by atoms with Crippen LogP contribution in [-0.4, -0.2) is 28.0 Å². The van der Waals surface area contributed by atoms with Crippen LogP contribution in [0.5, 0.6) is 0 Å². The molecule has 0 aliphatic carbocycles. The van der Waals surface area contributed by atoms with E-state index in [2.05, 4.69) is 27.5 Å². The Morgan fingerprint density at radius 3 is 2.52 bits per heavy atom. The van der Waals surface area contributed by atoms with Gasteiger partial charge in [-0.3, -0.25) is 10.1 Å². The first-order valence-electron chi connectivity index (χ1n) is 7.68. The van der Waals surface area contributed by atoms with Crippen molar-refractivity contribution in [3.05, 3.63) is 16.3 Å². The zero-order valence-corrected chi connectivity index (χ0v) is 12.9. The lowest BCUT2D eigenvalue weighted by atomic mass is 10.1. The predicted molar refractivity (Wildman–Crippen MR) is 84.7 cm³/mol. The maximum Gasteiger partial charge on any atom is 0.329 e. The molecule has 1 heterocycles. The minimum Gasteiger partial charge on any atom is -0.364 e. The van der Waals surface area contributed by atoms with E-state index in [9.17, 15) is 10.1 Å². The molecule has 0 saturated heterocycles. The summed E-state index contributed by atoms with van der Waals surface area (Å²) in [5.41, 5.74) is -0.0809. The third-order valence-electron chi connectivity index (χ3n) is 3.12. The quantitative estimate of drug-likeness (QED) is 0.368. The molecule has 0 fully saturated rings. The van der Waals surface area contributed by atoms with Crippen LogP contribution in [0.25, 0.3) is 0 Å². The van der Waals surface area contributed by atoms with Gasteiger partial charge in [0, 0.05) is 13.1 Å². The van der Waals surface area contributed by atoms with Gasteiger partial charge in [0.2, 0.25) is 11.8 Å². The molecule has 0 aromatic carbocycles. The molecule has 0 radical (unpaired) electrons. The topological polar surface area (TPSA) is 93.0 Å². The molecule has 0 atom stereocenters. The summed E-state index contributed by atoms with van der Waals surface area (Å²) in [5.74, 6) is 0.702. The Kier molecular flexibility index (Phi) is 8.08. The summed E-state index contributed by atoms with van der Waals surface area (Å²) in [6, 6.07) is 0. The fraction of sp³-hybridized carbons (Fsp3) is 0.714. The summed E-state index contributed by atoms with van der Waals surface area (Å²) in [4.78, 5) is 18.6. The first-order valence-corrected chi connectivity index (χ1v) is 7.68. The van der Waals surface area contributed by atoms with Crippen molar-refractivity contribution in [2.75, 3.05) is 23.7 Å². The summed E-state index contributed by atoms with van der Waals surface area (Å²) in [5, 5.41) is 17.0. The van der Waals surface area contributed by atoms with E-state index in [1.165, 1.54) is 31.9 Å². The van der Waals surface area contributed by atoms with Gasteiger partial charge in [0.05, 0.1) is 4.92 Å². The van der Waals surface area contributed by atoms with E-state index in [0.717, 1.165) is 12.8 Å². The molecule has 0 spiro atoms. The Labute approximate surface area is 125 Å². The zero-order chi connectivity index (χ0) is 15.5. The highest BCUT2D eigenvalue weighted by atomic mass is 16.6. The molecule has 2 N–H and O–H groups in total. The summed E-state index contributed by atoms with van der Waals surface area (Å²) in [6.45, 7) is 5.48. The highest BCUT2D eigenvalue weighted by molar-refractivity contribution is 5.56. The molecule has 1 aromatic heterocycles. The van der Waals surface area contributed by atoms with E-state index in [1.807, 2.05) is 6.92 Å². The minimum absolute atomic E-state index is 0.0809. The molecular weight excluding hydrogens is 270 g/mol. The summed E-state index contributed by atoms with van der Waals surface area (Å²) in [7, 11) is 0. The molecule has 0 aliphatic rings. The van der Waals surface area contributed by atoms with Gasteiger partial charge < -0.3 is 10.6 Å². The van der Waals surface area contributed by atoms with Gasteiger partial charge in [-0.2, -0.15) is 4.98 Å². The van der Waals surface area contributed by atoms with Crippen molar-refractivity contribution in [2.45, 2.75) is 52.4 Å². The number of rotatable bonds is 11. The fourth-order valence-electron chi connectivity index (χ4n) is 1.99. The van der Waals surface area contributed by atoms with Gasteiger partial charge in [0.15, 0.2) is 0 Å². The number of anilines is 2. The van der Waals surface area contributed by atoms with Crippen molar-refractivity contribution in [3.8, 4) is 0 Å². The average molecular weight is 295 g/mol. The molecule has 0 aliphatic heterocycles. The summed E-state index contributed by atoms with van der Waals surface area (Å²) in [6.07, 6.45) is 8.34. The van der Waals surface area contributed by atoms with Crippen molar-refractivity contribution in [1.29, 1.82) is 0 Å². The number of hydrogen-bond acceptors (Lipinski definition) is 6. The van der Waals surface area contributed by atoms with Crippen LogP contribution in [0.1, 0.15) is 52.4 Å². The van der Waals surface area contributed by atoms with Crippen molar-refractivity contribution in [1.82, 2.24) is 9.97 Å². The smallest absolute Gasteiger partial charge is 0.329 e. The van der Waals surface area contributed by atoms with Gasteiger partial charge >= 0.3 is 5.69 Å². The molecule has 118 valence electrons. The Bertz CT molecular complexity index is 439. The van der Waals surface area contributed by atoms with Gasteiger partial charge in [0.1, 0.15) is 6.20 Å². The van der Waals surface area contributed by atoms with Gasteiger partial charge in [-0.05, 0) is 13.3 Å². The number of hydrogen-bond donors (Lipinski definition) is 2. The molecule has 1 rings (SSSR count). The van der Waals surface area contributed by atoms with Gasteiger partial charge in [-0.25, -0.2) is 4.98 Å². The maximum absolute atomic E-state index is 11.0. The second kappa shape index (κ2) is 9.90. The molecule has 7 nitrogen and oxygen atoms in total. The summed E-state index contributed by atoms with van der Waals surface area (Å²) >= 11 is 0. The number of unbranched alkanes of at least 4 members (excludes halogenated alkanes) is 5. The van der Waals surface area contributed by atoms with Crippen molar-refractivity contribution in [2.24, 2.45) is 0 Å². The van der Waals surface area contributed by atoms with Crippen LogP contribution in [0.3, 0.4) is 0 Å². The van der Waals surface area contributed by atoms with E-state index < -0.39 is 4.92 Å². The van der Waals surface area contributed by atoms with Crippen molar-refractivity contribution < 1.29 is 4.92 Å². The van der Waals surface area contributed by atoms with E-state index in [4.69, 9.17) is 0 Å². The summed E-state index contributed by atoms with van der Waals surface area (Å²) < 4.78 is 0. The second-order valence-corrected chi connectivity index (χ2v) is 4.91. The molecule has 21 heavy (non-hydrogen) atoms. The molecule has 0 amide bonds. The minimum atomic E-state index is -0.459. The number of nitrogens with zero attached hydrogens (tertiary/aromatic N) is 3. The highest BCUT2D eigenvalue weighted by Crippen LogP contribution is 2.22. The SMILES string of the molecule is CCCCCCCCNc1nc(NCC)ncc1[N+](=O)[O-]. The van der Waals surface area contributed by atoms with Crippen LogP contribution in [-0.2, 0) is 0 Å². The lowest BCUT2D eigenvalue weighted by molar-refractivity contribution is -0.384. The molecule has 7 heteroatoms. The number of nitro groups is 1. The Balaban J connectivity index is 2.47. The monoisotopic (exact) mass is 295 g/mol. The van der Waals surface area contributed by atoms with E-state index in [-0.39, 0.29) is 5.69 Å². The first-order chi connectivity index (χ1) is 10.2. The highest BCUT2D eigenvalue weighted by Gasteiger charge is 2.16. The van der Waals surface area contributed by atoms with Crippen LogP contribution >= 0.6 is 0 Å². The first kappa shape index (κ1) is 17.1. The van der Waals surface area contributed by atoms with E-state index >= 15 is 0 Å². The van der Waals surface area contributed by atoms with Crippen LogP contribution < -0.4 is 10.6 Å². The van der Waals surface area contributed by atoms with E-state index in [1.54, 1.807) is 0 Å². The lowest BCUT2D eigenvalue weighted by Gasteiger charge is -2.08. The Morgan fingerprint density at radius 1 is 1.14 bits per heavy atom. The molecule has 1 aromatic rings. The fourth-order valence-corrected chi connectivity index (χ4v) is 1.99. The second-order valence-electron chi connectivity index (χ2n) is 4.91. The molecule has 0 bridgehead atoms. The normalized spacial score (nSPS) is 10.4. The average Bonchev–Trinajstić information content (AvgIpc) is 2.46. The maximum atomic E-state index is 11.0. The number of aromatic nitrogens is 2. The van der Waals surface area contributed by atoms with E-state index in [0.29, 0.717) is 24.9 Å². The van der Waals surface area contributed by atoms with Crippen molar-refractivity contribution >= 4 is 17.5 Å². The molecular formula is C14H25N5O2. The third-order valence-corrected chi connectivity index (χ3v) is 3.12. The Hall–Kier alpha value is -1.92. The van der Waals surface area contributed by atoms with Crippen LogP contribution in [0.4, 0.5) is 17.5 Å². The Morgan fingerprint density at radius 2 is 1.86 bits per heavy atom. The standard InChI is InChI=1S/C14H25N5O2/c1-3-5-6-7-8-9-10-16-13-12(19(20)21)11-17-14(18-13)15-4-2/h11H,3-10H2,1-2H3,(H2,15,16,17,18). The van der Waals surface area contributed by atoms with Crippen molar-refractivity contribution in [3.63, 3.8) is 0 Å². The molecule has 0 saturated carbocycles. The molecule has 0 unspecified atom stereocenters. The van der Waals surface area contributed by atoms with Gasteiger partial charge in [0.25, 0.3) is 0 Å². The largest absolute Gasteiger partial charge is 0.364 e. The van der Waals surface area contributed by atoms with Gasteiger partial charge in [-0.15, -0.1) is 0 Å². The third kappa shape index (κ3) is 6.37. The zero-order valence-electron chi connectivity index (χ0n) is 12.9.